The Labute approximate surface area is 103 Å². The lowest BCUT2D eigenvalue weighted by atomic mass is 9.97. The minimum Gasteiger partial charge on any atom is -0.391 e. The minimum absolute atomic E-state index is 0.184. The third kappa shape index (κ3) is 2.08. The van der Waals surface area contributed by atoms with E-state index in [1.807, 2.05) is 0 Å². The van der Waals surface area contributed by atoms with Crippen molar-refractivity contribution < 1.29 is 4.79 Å². The molecule has 1 fully saturated rings. The number of nitrogens with two attached hydrogens (primary N) is 1. The lowest BCUT2D eigenvalue weighted by Crippen LogP contribution is -2.54. The van der Waals surface area contributed by atoms with E-state index in [1.165, 1.54) is 11.3 Å². The Bertz CT molecular complexity index is 396. The van der Waals surface area contributed by atoms with Crippen LogP contribution in [0.1, 0.15) is 36.2 Å². The molecule has 0 aromatic carbocycles. The van der Waals surface area contributed by atoms with Crippen molar-refractivity contribution >= 4 is 34.5 Å². The van der Waals surface area contributed by atoms with Gasteiger partial charge in [-0.1, -0.05) is 25.1 Å². The highest BCUT2D eigenvalue weighted by molar-refractivity contribution is 7.80. The molecule has 0 aliphatic heterocycles. The second-order valence-electron chi connectivity index (χ2n) is 3.98. The number of thiocarbonyl (C=S) groups is 1. The van der Waals surface area contributed by atoms with Crippen molar-refractivity contribution in [2.75, 3.05) is 0 Å². The van der Waals surface area contributed by atoms with Crippen LogP contribution in [0.15, 0.2) is 10.9 Å². The average molecular weight is 255 g/mol. The van der Waals surface area contributed by atoms with Crippen LogP contribution in [-0.2, 0) is 0 Å². The van der Waals surface area contributed by atoms with Crippen LogP contribution in [0, 0.1) is 0 Å². The van der Waals surface area contributed by atoms with Crippen molar-refractivity contribution in [3.05, 3.63) is 16.6 Å². The maximum Gasteiger partial charge on any atom is 0.271 e. The number of aromatic nitrogens is 1. The monoisotopic (exact) mass is 255 g/mol. The van der Waals surface area contributed by atoms with Gasteiger partial charge >= 0.3 is 0 Å². The predicted molar refractivity (Wildman–Crippen MR) is 67.6 cm³/mol. The van der Waals surface area contributed by atoms with Crippen LogP contribution >= 0.6 is 23.6 Å². The first kappa shape index (κ1) is 11.5. The fourth-order valence-corrected chi connectivity index (χ4v) is 2.80. The van der Waals surface area contributed by atoms with Crippen LogP contribution < -0.4 is 11.1 Å². The molecular formula is C10H13N3OS2. The molecule has 1 aromatic rings. The van der Waals surface area contributed by atoms with Gasteiger partial charge in [0, 0.05) is 5.38 Å². The van der Waals surface area contributed by atoms with Crippen LogP contribution in [0.25, 0.3) is 0 Å². The van der Waals surface area contributed by atoms with Crippen LogP contribution in [0.2, 0.25) is 0 Å². The van der Waals surface area contributed by atoms with Crippen LogP contribution in [0.3, 0.4) is 0 Å². The van der Waals surface area contributed by atoms with Gasteiger partial charge in [-0.25, -0.2) is 4.98 Å². The SMILES string of the molecule is NC(=S)C1(NC(=O)c2cscn2)CCCC1. The summed E-state index contributed by atoms with van der Waals surface area (Å²) in [5.41, 5.74) is 7.32. The van der Waals surface area contributed by atoms with Crippen molar-refractivity contribution in [1.29, 1.82) is 0 Å². The highest BCUT2D eigenvalue weighted by Gasteiger charge is 2.38. The Kier molecular flexibility index (Phi) is 3.20. The average Bonchev–Trinajstić information content (AvgIpc) is 2.88. The number of hydrogen-bond acceptors (Lipinski definition) is 4. The van der Waals surface area contributed by atoms with E-state index in [0.29, 0.717) is 10.7 Å². The van der Waals surface area contributed by atoms with Gasteiger partial charge < -0.3 is 11.1 Å². The Morgan fingerprint density at radius 3 is 2.75 bits per heavy atom. The molecule has 0 unspecified atom stereocenters. The quantitative estimate of drug-likeness (QED) is 0.803. The van der Waals surface area contributed by atoms with Crippen molar-refractivity contribution in [1.82, 2.24) is 10.3 Å². The summed E-state index contributed by atoms with van der Waals surface area (Å²) in [7, 11) is 0. The number of nitrogens with one attached hydrogen (secondary N) is 1. The Balaban J connectivity index is 2.13. The second kappa shape index (κ2) is 4.47. The van der Waals surface area contributed by atoms with Crippen molar-refractivity contribution in [2.45, 2.75) is 31.2 Å². The molecule has 4 nitrogen and oxygen atoms in total. The summed E-state index contributed by atoms with van der Waals surface area (Å²) >= 11 is 6.46. The zero-order chi connectivity index (χ0) is 11.6. The van der Waals surface area contributed by atoms with E-state index in [0.717, 1.165) is 25.7 Å². The molecule has 1 aliphatic carbocycles. The fourth-order valence-electron chi connectivity index (χ4n) is 2.02. The van der Waals surface area contributed by atoms with E-state index in [1.54, 1.807) is 10.9 Å². The predicted octanol–water partition coefficient (Wildman–Crippen LogP) is 1.47. The molecule has 1 aliphatic rings. The summed E-state index contributed by atoms with van der Waals surface area (Å²) in [4.78, 5) is 16.2. The molecular weight excluding hydrogens is 242 g/mol. The van der Waals surface area contributed by atoms with Crippen molar-refractivity contribution in [3.63, 3.8) is 0 Å². The van der Waals surface area contributed by atoms with Gasteiger partial charge in [0.25, 0.3) is 5.91 Å². The normalized spacial score (nSPS) is 18.2. The maximum absolute atomic E-state index is 11.9. The largest absolute Gasteiger partial charge is 0.391 e. The molecule has 0 saturated heterocycles. The number of carbonyl (C=O) groups is 1. The van der Waals surface area contributed by atoms with Crippen molar-refractivity contribution in [2.24, 2.45) is 5.73 Å². The van der Waals surface area contributed by atoms with E-state index in [9.17, 15) is 4.79 Å². The van der Waals surface area contributed by atoms with Gasteiger partial charge in [0.05, 0.1) is 16.0 Å². The van der Waals surface area contributed by atoms with Gasteiger partial charge in [-0.3, -0.25) is 4.79 Å². The van der Waals surface area contributed by atoms with E-state index < -0.39 is 5.54 Å². The van der Waals surface area contributed by atoms with Crippen LogP contribution in [-0.4, -0.2) is 21.4 Å². The summed E-state index contributed by atoms with van der Waals surface area (Å²) in [6.07, 6.45) is 3.76. The molecule has 1 amide bonds. The van der Waals surface area contributed by atoms with Gasteiger partial charge in [0.15, 0.2) is 0 Å². The number of hydrogen-bond donors (Lipinski definition) is 2. The topological polar surface area (TPSA) is 68.0 Å². The summed E-state index contributed by atoms with van der Waals surface area (Å²) < 4.78 is 0. The first-order valence-electron chi connectivity index (χ1n) is 5.15. The highest BCUT2D eigenvalue weighted by atomic mass is 32.1. The molecule has 86 valence electrons. The molecule has 0 spiro atoms. The fraction of sp³-hybridized carbons (Fsp3) is 0.500. The first-order valence-corrected chi connectivity index (χ1v) is 6.50. The van der Waals surface area contributed by atoms with Crippen LogP contribution in [0.4, 0.5) is 0 Å². The molecule has 1 saturated carbocycles. The molecule has 0 bridgehead atoms. The summed E-state index contributed by atoms with van der Waals surface area (Å²) in [6.45, 7) is 0. The van der Waals surface area contributed by atoms with E-state index in [-0.39, 0.29) is 5.91 Å². The van der Waals surface area contributed by atoms with E-state index >= 15 is 0 Å². The second-order valence-corrected chi connectivity index (χ2v) is 5.14. The summed E-state index contributed by atoms with van der Waals surface area (Å²) in [6, 6.07) is 0. The molecule has 0 atom stereocenters. The Morgan fingerprint density at radius 2 is 2.25 bits per heavy atom. The number of amides is 1. The van der Waals surface area contributed by atoms with E-state index in [2.05, 4.69) is 10.3 Å². The van der Waals surface area contributed by atoms with Gasteiger partial charge in [-0.2, -0.15) is 0 Å². The number of rotatable bonds is 3. The highest BCUT2D eigenvalue weighted by Crippen LogP contribution is 2.30. The Morgan fingerprint density at radius 1 is 1.56 bits per heavy atom. The van der Waals surface area contributed by atoms with Gasteiger partial charge in [-0.05, 0) is 12.8 Å². The van der Waals surface area contributed by atoms with E-state index in [4.69, 9.17) is 18.0 Å². The van der Waals surface area contributed by atoms with Gasteiger partial charge in [-0.15, -0.1) is 11.3 Å². The smallest absolute Gasteiger partial charge is 0.271 e. The Hall–Kier alpha value is -1.01. The number of nitrogens with zero attached hydrogens (tertiary/aromatic N) is 1. The number of carbonyl (C=O) groups excluding carboxylic acids is 1. The third-order valence-corrected chi connectivity index (χ3v) is 3.92. The molecule has 3 N–H and O–H groups in total. The molecule has 1 aromatic heterocycles. The minimum atomic E-state index is -0.490. The zero-order valence-electron chi connectivity index (χ0n) is 8.73. The molecule has 2 rings (SSSR count). The zero-order valence-corrected chi connectivity index (χ0v) is 10.4. The maximum atomic E-state index is 11.9. The van der Waals surface area contributed by atoms with Gasteiger partial charge in [0.2, 0.25) is 0 Å². The summed E-state index contributed by atoms with van der Waals surface area (Å²) in [5.74, 6) is -0.184. The molecule has 1 heterocycles. The molecule has 16 heavy (non-hydrogen) atoms. The lowest BCUT2D eigenvalue weighted by molar-refractivity contribution is 0.0920. The third-order valence-electron chi connectivity index (χ3n) is 2.95. The lowest BCUT2D eigenvalue weighted by Gasteiger charge is -2.28. The van der Waals surface area contributed by atoms with Crippen molar-refractivity contribution in [3.8, 4) is 0 Å². The number of thiazole rings is 1. The first-order chi connectivity index (χ1) is 7.64. The summed E-state index contributed by atoms with van der Waals surface area (Å²) in [5, 5.41) is 4.65. The van der Waals surface area contributed by atoms with Gasteiger partial charge in [0.1, 0.15) is 5.69 Å². The molecule has 0 radical (unpaired) electrons. The standard InChI is InChI=1S/C10H13N3OS2/c11-9(15)10(3-1-2-4-10)13-8(14)7-5-16-6-12-7/h5-6H,1-4H2,(H2,11,15)(H,13,14). The molecule has 6 heteroatoms. The van der Waals surface area contributed by atoms with Crippen LogP contribution in [0.5, 0.6) is 0 Å².